The Bertz CT molecular complexity index is 942. The van der Waals surface area contributed by atoms with E-state index in [2.05, 4.69) is 4.98 Å². The molecular weight excluding hydrogens is 363 g/mol. The van der Waals surface area contributed by atoms with Crippen LogP contribution in [0.3, 0.4) is 0 Å². The first-order chi connectivity index (χ1) is 12.3. The number of thiazole rings is 1. The van der Waals surface area contributed by atoms with Gasteiger partial charge in [-0.2, -0.15) is 13.2 Å². The van der Waals surface area contributed by atoms with Gasteiger partial charge in [-0.05, 0) is 48.6 Å². The van der Waals surface area contributed by atoms with Gasteiger partial charge in [-0.15, -0.1) is 11.3 Å². The molecule has 3 aromatic rings. The number of benzene rings is 2. The molecule has 0 unspecified atom stereocenters. The SMILES string of the molecule is O=C(C=Cc1csc(-c2ccc(C(F)(F)F)cc2)n1)c1ccc(O)cc1. The molecular formula is C19H12F3NO2S. The topological polar surface area (TPSA) is 50.2 Å². The van der Waals surface area contributed by atoms with Crippen molar-refractivity contribution in [2.24, 2.45) is 0 Å². The molecule has 0 fully saturated rings. The minimum Gasteiger partial charge on any atom is -0.508 e. The number of hydrogen-bond donors (Lipinski definition) is 1. The lowest BCUT2D eigenvalue weighted by Crippen LogP contribution is -2.03. The minimum absolute atomic E-state index is 0.0752. The Hall–Kier alpha value is -2.93. The van der Waals surface area contributed by atoms with Gasteiger partial charge < -0.3 is 5.11 Å². The van der Waals surface area contributed by atoms with Crippen molar-refractivity contribution < 1.29 is 23.1 Å². The van der Waals surface area contributed by atoms with Crippen LogP contribution in [-0.2, 0) is 6.18 Å². The van der Waals surface area contributed by atoms with E-state index in [1.165, 1.54) is 53.8 Å². The van der Waals surface area contributed by atoms with Crippen LogP contribution in [0.1, 0.15) is 21.6 Å². The lowest BCUT2D eigenvalue weighted by atomic mass is 10.1. The van der Waals surface area contributed by atoms with Crippen molar-refractivity contribution in [2.45, 2.75) is 6.18 Å². The fourth-order valence-corrected chi connectivity index (χ4v) is 2.97. The lowest BCUT2D eigenvalue weighted by Gasteiger charge is -2.06. The van der Waals surface area contributed by atoms with Crippen LogP contribution in [-0.4, -0.2) is 15.9 Å². The molecule has 0 aliphatic carbocycles. The predicted octanol–water partition coefficient (Wildman–Crippen LogP) is 5.43. The summed E-state index contributed by atoms with van der Waals surface area (Å²) < 4.78 is 37.8. The number of ketones is 1. The van der Waals surface area contributed by atoms with Crippen molar-refractivity contribution in [2.75, 3.05) is 0 Å². The van der Waals surface area contributed by atoms with Crippen molar-refractivity contribution in [3.8, 4) is 16.3 Å². The van der Waals surface area contributed by atoms with Crippen LogP contribution in [0.2, 0.25) is 0 Å². The largest absolute Gasteiger partial charge is 0.508 e. The average molecular weight is 375 g/mol. The highest BCUT2D eigenvalue weighted by atomic mass is 32.1. The summed E-state index contributed by atoms with van der Waals surface area (Å²) >= 11 is 1.28. The number of allylic oxidation sites excluding steroid dienone is 1. The first kappa shape index (κ1) is 17.9. The van der Waals surface area contributed by atoms with Gasteiger partial charge >= 0.3 is 6.18 Å². The Labute approximate surface area is 151 Å². The molecule has 0 aliphatic heterocycles. The Balaban J connectivity index is 1.73. The molecule has 0 atom stereocenters. The summed E-state index contributed by atoms with van der Waals surface area (Å²) in [6.07, 6.45) is -1.47. The first-order valence-electron chi connectivity index (χ1n) is 7.47. The summed E-state index contributed by atoms with van der Waals surface area (Å²) in [5, 5.41) is 11.5. The molecule has 26 heavy (non-hydrogen) atoms. The standard InChI is InChI=1S/C19H12F3NO2S/c20-19(21,22)14-5-1-13(2-6-14)18-23-15(11-26-18)7-10-17(25)12-3-8-16(24)9-4-12/h1-11,24H. The molecule has 0 aliphatic rings. The van der Waals surface area contributed by atoms with E-state index >= 15 is 0 Å². The third-order valence-electron chi connectivity index (χ3n) is 3.54. The van der Waals surface area contributed by atoms with E-state index in [-0.39, 0.29) is 11.5 Å². The van der Waals surface area contributed by atoms with Crippen LogP contribution < -0.4 is 0 Å². The second-order valence-corrected chi connectivity index (χ2v) is 6.26. The smallest absolute Gasteiger partial charge is 0.416 e. The summed E-state index contributed by atoms with van der Waals surface area (Å²) in [6, 6.07) is 10.6. The van der Waals surface area contributed by atoms with Gasteiger partial charge in [0.15, 0.2) is 5.78 Å². The summed E-state index contributed by atoms with van der Waals surface area (Å²) in [4.78, 5) is 16.3. The predicted molar refractivity (Wildman–Crippen MR) is 94.0 cm³/mol. The van der Waals surface area contributed by atoms with Crippen molar-refractivity contribution in [3.63, 3.8) is 0 Å². The van der Waals surface area contributed by atoms with Crippen molar-refractivity contribution >= 4 is 23.2 Å². The van der Waals surface area contributed by atoms with E-state index in [0.29, 0.717) is 21.8 Å². The molecule has 3 nitrogen and oxygen atoms in total. The number of rotatable bonds is 4. The molecule has 0 amide bonds. The highest BCUT2D eigenvalue weighted by Gasteiger charge is 2.30. The number of carbonyl (C=O) groups excluding carboxylic acids is 1. The first-order valence-corrected chi connectivity index (χ1v) is 8.35. The molecule has 0 saturated heterocycles. The minimum atomic E-state index is -4.37. The quantitative estimate of drug-likeness (QED) is 0.489. The average Bonchev–Trinajstić information content (AvgIpc) is 3.09. The number of carbonyl (C=O) groups is 1. The molecule has 0 spiro atoms. The van der Waals surface area contributed by atoms with Crippen LogP contribution >= 0.6 is 11.3 Å². The third-order valence-corrected chi connectivity index (χ3v) is 4.45. The number of aromatic hydroxyl groups is 1. The number of aromatic nitrogens is 1. The van der Waals surface area contributed by atoms with Crippen molar-refractivity contribution in [1.29, 1.82) is 0 Å². The van der Waals surface area contributed by atoms with Crippen LogP contribution in [0, 0.1) is 0 Å². The highest BCUT2D eigenvalue weighted by molar-refractivity contribution is 7.13. The summed E-state index contributed by atoms with van der Waals surface area (Å²) in [7, 11) is 0. The third kappa shape index (κ3) is 4.18. The summed E-state index contributed by atoms with van der Waals surface area (Å²) in [5.41, 5.74) is 0.833. The zero-order chi connectivity index (χ0) is 18.7. The number of halogens is 3. The monoisotopic (exact) mass is 375 g/mol. The molecule has 0 bridgehead atoms. The molecule has 1 N–H and O–H groups in total. The molecule has 0 radical (unpaired) electrons. The van der Waals surface area contributed by atoms with Gasteiger partial charge in [0.05, 0.1) is 11.3 Å². The highest BCUT2D eigenvalue weighted by Crippen LogP contribution is 2.31. The van der Waals surface area contributed by atoms with Crippen molar-refractivity contribution in [3.05, 3.63) is 76.8 Å². The molecule has 132 valence electrons. The Morgan fingerprint density at radius 1 is 1.04 bits per heavy atom. The van der Waals surface area contributed by atoms with E-state index in [4.69, 9.17) is 0 Å². The Morgan fingerprint density at radius 3 is 2.31 bits per heavy atom. The molecule has 1 heterocycles. The Morgan fingerprint density at radius 2 is 1.69 bits per heavy atom. The van der Waals surface area contributed by atoms with Gasteiger partial charge in [0, 0.05) is 16.5 Å². The van der Waals surface area contributed by atoms with E-state index in [1.54, 1.807) is 11.5 Å². The van der Waals surface area contributed by atoms with Gasteiger partial charge in [0.25, 0.3) is 0 Å². The van der Waals surface area contributed by atoms with Crippen LogP contribution in [0.5, 0.6) is 5.75 Å². The fourth-order valence-electron chi connectivity index (χ4n) is 2.18. The van der Waals surface area contributed by atoms with E-state index < -0.39 is 11.7 Å². The van der Waals surface area contributed by atoms with E-state index in [0.717, 1.165) is 12.1 Å². The molecule has 3 rings (SSSR count). The maximum absolute atomic E-state index is 12.6. The van der Waals surface area contributed by atoms with Crippen LogP contribution in [0.25, 0.3) is 16.6 Å². The maximum atomic E-state index is 12.6. The molecule has 0 saturated carbocycles. The number of nitrogens with zero attached hydrogens (tertiary/aromatic N) is 1. The van der Waals surface area contributed by atoms with Crippen LogP contribution in [0.15, 0.2) is 60.0 Å². The van der Waals surface area contributed by atoms with Gasteiger partial charge in [-0.25, -0.2) is 4.98 Å². The lowest BCUT2D eigenvalue weighted by molar-refractivity contribution is -0.137. The van der Waals surface area contributed by atoms with Gasteiger partial charge in [0.2, 0.25) is 0 Å². The normalized spacial score (nSPS) is 11.8. The molecule has 2 aromatic carbocycles. The number of phenols is 1. The van der Waals surface area contributed by atoms with Gasteiger partial charge in [-0.1, -0.05) is 12.1 Å². The zero-order valence-electron chi connectivity index (χ0n) is 13.2. The summed E-state index contributed by atoms with van der Waals surface area (Å²) in [5.74, 6) is -0.166. The number of alkyl halides is 3. The van der Waals surface area contributed by atoms with E-state index in [1.807, 2.05) is 0 Å². The maximum Gasteiger partial charge on any atom is 0.416 e. The number of hydrogen-bond acceptors (Lipinski definition) is 4. The second kappa shape index (κ2) is 7.13. The van der Waals surface area contributed by atoms with E-state index in [9.17, 15) is 23.1 Å². The molecule has 1 aromatic heterocycles. The number of phenolic OH excluding ortho intramolecular Hbond substituents is 1. The second-order valence-electron chi connectivity index (χ2n) is 5.40. The zero-order valence-corrected chi connectivity index (χ0v) is 14.0. The van der Waals surface area contributed by atoms with Crippen LogP contribution in [0.4, 0.5) is 13.2 Å². The molecule has 7 heteroatoms. The van der Waals surface area contributed by atoms with Gasteiger partial charge in [-0.3, -0.25) is 4.79 Å². The fraction of sp³-hybridized carbons (Fsp3) is 0.0526. The van der Waals surface area contributed by atoms with Gasteiger partial charge in [0.1, 0.15) is 10.8 Å². The summed E-state index contributed by atoms with van der Waals surface area (Å²) in [6.45, 7) is 0. The Kier molecular flexibility index (Phi) is 4.90. The van der Waals surface area contributed by atoms with Crippen molar-refractivity contribution in [1.82, 2.24) is 4.98 Å².